The van der Waals surface area contributed by atoms with Crippen molar-refractivity contribution in [1.82, 2.24) is 4.98 Å². The molecule has 98 valence electrons. The van der Waals surface area contributed by atoms with Crippen LogP contribution in [0.25, 0.3) is 0 Å². The fourth-order valence-electron chi connectivity index (χ4n) is 2.21. The van der Waals surface area contributed by atoms with Gasteiger partial charge in [-0.1, -0.05) is 11.6 Å². The van der Waals surface area contributed by atoms with Crippen LogP contribution >= 0.6 is 12.4 Å². The van der Waals surface area contributed by atoms with Crippen LogP contribution in [0, 0.1) is 0 Å². The summed E-state index contributed by atoms with van der Waals surface area (Å²) in [6.45, 7) is 2.12. The molecule has 1 aliphatic rings. The second-order valence-corrected chi connectivity index (χ2v) is 4.39. The van der Waals surface area contributed by atoms with E-state index < -0.39 is 6.03 Å². The van der Waals surface area contributed by atoms with Crippen LogP contribution < -0.4 is 10.6 Å². The summed E-state index contributed by atoms with van der Waals surface area (Å²) in [7, 11) is 0. The topological polar surface area (TPSA) is 59.2 Å². The normalized spacial score (nSPS) is 18.5. The number of nitrogens with two attached hydrogens (primary N) is 1. The Morgan fingerprint density at radius 2 is 2.11 bits per heavy atom. The number of allylic oxidation sites excluding steroid dienone is 1. The summed E-state index contributed by atoms with van der Waals surface area (Å²) in [5.41, 5.74) is 7.69. The highest BCUT2D eigenvalue weighted by atomic mass is 35.5. The highest BCUT2D eigenvalue weighted by Crippen LogP contribution is 2.26. The Kier molecular flexibility index (Phi) is 5.16. The Morgan fingerprint density at radius 1 is 1.44 bits per heavy atom. The molecule has 5 heteroatoms. The van der Waals surface area contributed by atoms with Crippen LogP contribution in [-0.2, 0) is 0 Å². The van der Waals surface area contributed by atoms with Crippen molar-refractivity contribution in [1.29, 1.82) is 0 Å². The number of aromatic nitrogens is 1. The third kappa shape index (κ3) is 3.23. The summed E-state index contributed by atoms with van der Waals surface area (Å²) < 4.78 is 0. The average Bonchev–Trinajstić information content (AvgIpc) is 2.33. The molecule has 4 nitrogen and oxygen atoms in total. The van der Waals surface area contributed by atoms with E-state index in [1.165, 1.54) is 5.57 Å². The second kappa shape index (κ2) is 6.40. The van der Waals surface area contributed by atoms with Gasteiger partial charge in [0.1, 0.15) is 0 Å². The molecule has 0 fully saturated rings. The van der Waals surface area contributed by atoms with Gasteiger partial charge in [0, 0.05) is 24.1 Å². The van der Waals surface area contributed by atoms with Gasteiger partial charge in [-0.2, -0.15) is 0 Å². The molecule has 0 bridgehead atoms. The van der Waals surface area contributed by atoms with E-state index in [-0.39, 0.29) is 18.4 Å². The van der Waals surface area contributed by atoms with E-state index in [1.807, 2.05) is 12.1 Å². The molecular weight excluding hydrogens is 250 g/mol. The quantitative estimate of drug-likeness (QED) is 0.838. The number of hydrogen-bond acceptors (Lipinski definition) is 2. The summed E-state index contributed by atoms with van der Waals surface area (Å²) in [6, 6.07) is 3.40. The molecule has 1 heterocycles. The zero-order valence-corrected chi connectivity index (χ0v) is 11.2. The summed E-state index contributed by atoms with van der Waals surface area (Å²) in [4.78, 5) is 17.2. The molecule has 1 aromatic rings. The lowest BCUT2D eigenvalue weighted by molar-refractivity contribution is 0.251. The largest absolute Gasteiger partial charge is 0.351 e. The first-order chi connectivity index (χ1) is 8.18. The van der Waals surface area contributed by atoms with E-state index in [9.17, 15) is 4.79 Å². The first-order valence-electron chi connectivity index (χ1n) is 5.83. The molecule has 1 aromatic heterocycles. The van der Waals surface area contributed by atoms with Crippen molar-refractivity contribution in [2.45, 2.75) is 32.2 Å². The number of hydrogen-bond donors (Lipinski definition) is 1. The van der Waals surface area contributed by atoms with Crippen LogP contribution in [0.2, 0.25) is 0 Å². The molecule has 1 unspecified atom stereocenters. The molecule has 0 aromatic carbocycles. The van der Waals surface area contributed by atoms with Crippen molar-refractivity contribution in [3.8, 4) is 0 Å². The number of halogens is 1. The predicted molar refractivity (Wildman–Crippen MR) is 74.9 cm³/mol. The molecule has 0 saturated carbocycles. The Balaban J connectivity index is 0.00000162. The molecule has 2 rings (SSSR count). The van der Waals surface area contributed by atoms with Gasteiger partial charge >= 0.3 is 6.03 Å². The maximum Gasteiger partial charge on any atom is 0.319 e. The minimum absolute atomic E-state index is 0. The lowest BCUT2D eigenvalue weighted by atomic mass is 9.95. The highest BCUT2D eigenvalue weighted by Gasteiger charge is 2.24. The predicted octanol–water partition coefficient (Wildman–Crippen LogP) is 2.89. The minimum atomic E-state index is -0.394. The fourth-order valence-corrected chi connectivity index (χ4v) is 2.21. The van der Waals surface area contributed by atoms with Gasteiger partial charge in [-0.15, -0.1) is 12.4 Å². The number of carbonyl (C=O) groups excluding carboxylic acids is 1. The Labute approximate surface area is 113 Å². The van der Waals surface area contributed by atoms with Crippen LogP contribution in [0.3, 0.4) is 0 Å². The van der Waals surface area contributed by atoms with Crippen molar-refractivity contribution >= 4 is 24.1 Å². The number of anilines is 1. The number of primary amides is 1. The third-order valence-corrected chi connectivity index (χ3v) is 3.15. The van der Waals surface area contributed by atoms with E-state index in [2.05, 4.69) is 18.0 Å². The molecular formula is C13H18ClN3O. The smallest absolute Gasteiger partial charge is 0.319 e. The van der Waals surface area contributed by atoms with Crippen LogP contribution in [0.4, 0.5) is 10.5 Å². The Hall–Kier alpha value is -1.55. The van der Waals surface area contributed by atoms with Crippen molar-refractivity contribution in [2.24, 2.45) is 5.73 Å². The number of urea groups is 1. The summed E-state index contributed by atoms with van der Waals surface area (Å²) in [6.07, 6.45) is 8.40. The number of carbonyl (C=O) groups is 1. The minimum Gasteiger partial charge on any atom is -0.351 e. The Morgan fingerprint density at radius 3 is 2.61 bits per heavy atom. The Bertz CT molecular complexity index is 433. The van der Waals surface area contributed by atoms with Gasteiger partial charge in [0.15, 0.2) is 0 Å². The van der Waals surface area contributed by atoms with Gasteiger partial charge < -0.3 is 5.73 Å². The van der Waals surface area contributed by atoms with Gasteiger partial charge in [-0.3, -0.25) is 9.88 Å². The maximum absolute atomic E-state index is 11.6. The molecule has 0 radical (unpaired) electrons. The summed E-state index contributed by atoms with van der Waals surface area (Å²) >= 11 is 0. The lowest BCUT2D eigenvalue weighted by Gasteiger charge is -2.32. The van der Waals surface area contributed by atoms with Crippen molar-refractivity contribution in [3.63, 3.8) is 0 Å². The van der Waals surface area contributed by atoms with Gasteiger partial charge in [0.05, 0.1) is 0 Å². The maximum atomic E-state index is 11.6. The number of pyridine rings is 1. The first kappa shape index (κ1) is 14.5. The monoisotopic (exact) mass is 267 g/mol. The zero-order chi connectivity index (χ0) is 12.3. The van der Waals surface area contributed by atoms with Gasteiger partial charge in [0.25, 0.3) is 0 Å². The highest BCUT2D eigenvalue weighted by molar-refractivity contribution is 5.91. The molecule has 2 amide bonds. The van der Waals surface area contributed by atoms with Crippen molar-refractivity contribution < 1.29 is 4.79 Å². The second-order valence-electron chi connectivity index (χ2n) is 4.39. The van der Waals surface area contributed by atoms with Crippen LogP contribution in [-0.4, -0.2) is 17.1 Å². The number of rotatable bonds is 2. The van der Waals surface area contributed by atoms with E-state index >= 15 is 0 Å². The third-order valence-electron chi connectivity index (χ3n) is 3.15. The molecule has 0 spiro atoms. The van der Waals surface area contributed by atoms with Crippen molar-refractivity contribution in [2.75, 3.05) is 4.90 Å². The molecule has 2 N–H and O–H groups in total. The SMILES string of the molecule is CC1=CCC(N(C(N)=O)c2ccncc2)CC1.Cl. The number of nitrogens with zero attached hydrogens (tertiary/aromatic N) is 2. The molecule has 1 atom stereocenters. The van der Waals surface area contributed by atoms with E-state index in [4.69, 9.17) is 5.73 Å². The zero-order valence-electron chi connectivity index (χ0n) is 10.4. The van der Waals surface area contributed by atoms with E-state index in [0.29, 0.717) is 0 Å². The standard InChI is InChI=1S/C13H17N3O.ClH/c1-10-2-4-11(5-3-10)16(13(14)17)12-6-8-15-9-7-12;/h2,6-9,11H,3-5H2,1H3,(H2,14,17);1H. The van der Waals surface area contributed by atoms with Crippen LogP contribution in [0.5, 0.6) is 0 Å². The molecule has 18 heavy (non-hydrogen) atoms. The fraction of sp³-hybridized carbons (Fsp3) is 0.385. The first-order valence-corrected chi connectivity index (χ1v) is 5.83. The molecule has 0 saturated heterocycles. The van der Waals surface area contributed by atoms with E-state index in [0.717, 1.165) is 24.9 Å². The number of amides is 2. The summed E-state index contributed by atoms with van der Waals surface area (Å²) in [5, 5.41) is 0. The van der Waals surface area contributed by atoms with Gasteiger partial charge in [-0.25, -0.2) is 4.79 Å². The van der Waals surface area contributed by atoms with Gasteiger partial charge in [-0.05, 0) is 38.3 Å². The lowest BCUT2D eigenvalue weighted by Crippen LogP contribution is -2.44. The van der Waals surface area contributed by atoms with Crippen molar-refractivity contribution in [3.05, 3.63) is 36.2 Å². The summed E-state index contributed by atoms with van der Waals surface area (Å²) in [5.74, 6) is 0. The molecule has 0 aliphatic heterocycles. The molecule has 1 aliphatic carbocycles. The average molecular weight is 268 g/mol. The van der Waals surface area contributed by atoms with Gasteiger partial charge in [0.2, 0.25) is 0 Å². The van der Waals surface area contributed by atoms with Crippen LogP contribution in [0.1, 0.15) is 26.2 Å². The van der Waals surface area contributed by atoms with E-state index in [1.54, 1.807) is 17.3 Å². The van der Waals surface area contributed by atoms with Crippen LogP contribution in [0.15, 0.2) is 36.2 Å².